The van der Waals surface area contributed by atoms with Crippen molar-refractivity contribution in [3.8, 4) is 5.69 Å². The summed E-state index contributed by atoms with van der Waals surface area (Å²) in [5, 5.41) is 3.10. The number of carbonyl (C=O) groups is 2. The third-order valence-electron chi connectivity index (χ3n) is 5.36. The molecule has 0 saturated carbocycles. The largest absolute Gasteiger partial charge is 0.318 e. The topological polar surface area (TPSA) is 54.3 Å². The summed E-state index contributed by atoms with van der Waals surface area (Å²) in [5.74, 6) is -1.36. The molecular formula is C24H19ClFN3O2S. The van der Waals surface area contributed by atoms with Crippen molar-refractivity contribution in [1.82, 2.24) is 9.88 Å². The third kappa shape index (κ3) is 3.85. The van der Waals surface area contributed by atoms with Crippen LogP contribution in [-0.4, -0.2) is 21.5 Å². The molecule has 0 aliphatic carbocycles. The minimum atomic E-state index is -0.562. The Balaban J connectivity index is 1.76. The number of thiocarbonyl (C=S) groups is 1. The molecule has 8 heteroatoms. The number of benzene rings is 2. The zero-order chi connectivity index (χ0) is 23.2. The van der Waals surface area contributed by atoms with E-state index in [0.717, 1.165) is 17.1 Å². The smallest absolute Gasteiger partial charge is 0.270 e. The first-order chi connectivity index (χ1) is 15.2. The van der Waals surface area contributed by atoms with Gasteiger partial charge in [0, 0.05) is 22.1 Å². The van der Waals surface area contributed by atoms with E-state index in [1.54, 1.807) is 49.4 Å². The third-order valence-corrected chi connectivity index (χ3v) is 5.89. The highest BCUT2D eigenvalue weighted by molar-refractivity contribution is 7.80. The van der Waals surface area contributed by atoms with Crippen LogP contribution in [0.5, 0.6) is 0 Å². The number of nitrogens with one attached hydrogen (secondary N) is 1. The Morgan fingerprint density at radius 2 is 1.66 bits per heavy atom. The highest BCUT2D eigenvalue weighted by atomic mass is 35.5. The Kier molecular flexibility index (Phi) is 5.71. The number of aryl methyl sites for hydroxylation is 2. The molecule has 3 aromatic rings. The van der Waals surface area contributed by atoms with Crippen molar-refractivity contribution in [1.29, 1.82) is 0 Å². The molecule has 1 aromatic heterocycles. The van der Waals surface area contributed by atoms with Crippen molar-refractivity contribution in [3.05, 3.63) is 87.5 Å². The fourth-order valence-corrected chi connectivity index (χ4v) is 4.14. The fraction of sp³-hybridized carbons (Fsp3) is 0.125. The minimum absolute atomic E-state index is 0.00623. The van der Waals surface area contributed by atoms with Gasteiger partial charge in [0.15, 0.2) is 5.11 Å². The summed E-state index contributed by atoms with van der Waals surface area (Å²) in [6, 6.07) is 13.3. The summed E-state index contributed by atoms with van der Waals surface area (Å²) in [6.45, 7) is 5.49. The number of hydrogen-bond donors (Lipinski definition) is 1. The maximum absolute atomic E-state index is 13.7. The second kappa shape index (κ2) is 8.33. The summed E-state index contributed by atoms with van der Waals surface area (Å²) in [5.41, 5.74) is 4.19. The Labute approximate surface area is 195 Å². The van der Waals surface area contributed by atoms with Gasteiger partial charge in [0.05, 0.1) is 5.69 Å². The summed E-state index contributed by atoms with van der Waals surface area (Å²) < 4.78 is 15.7. The average molecular weight is 468 g/mol. The van der Waals surface area contributed by atoms with Gasteiger partial charge in [0.1, 0.15) is 11.4 Å². The molecule has 5 nitrogen and oxygen atoms in total. The Hall–Kier alpha value is -3.29. The summed E-state index contributed by atoms with van der Waals surface area (Å²) in [7, 11) is 0. The number of amides is 2. The molecule has 2 heterocycles. The summed E-state index contributed by atoms with van der Waals surface area (Å²) in [6.07, 6.45) is 1.55. The van der Waals surface area contributed by atoms with Gasteiger partial charge < -0.3 is 4.57 Å². The van der Waals surface area contributed by atoms with Gasteiger partial charge in [-0.25, -0.2) is 4.39 Å². The van der Waals surface area contributed by atoms with Gasteiger partial charge in [-0.3, -0.25) is 19.8 Å². The van der Waals surface area contributed by atoms with Gasteiger partial charge in [-0.15, -0.1) is 0 Å². The van der Waals surface area contributed by atoms with Crippen LogP contribution in [0.4, 0.5) is 10.1 Å². The van der Waals surface area contributed by atoms with Crippen LogP contribution < -0.4 is 10.2 Å². The highest BCUT2D eigenvalue weighted by Crippen LogP contribution is 2.27. The first kappa shape index (κ1) is 21.9. The van der Waals surface area contributed by atoms with Gasteiger partial charge in [-0.1, -0.05) is 11.6 Å². The lowest BCUT2D eigenvalue weighted by atomic mass is 10.1. The van der Waals surface area contributed by atoms with E-state index in [1.807, 2.05) is 24.5 Å². The molecule has 32 heavy (non-hydrogen) atoms. The normalized spacial score (nSPS) is 15.5. The number of aromatic nitrogens is 1. The van der Waals surface area contributed by atoms with Crippen LogP contribution in [0.25, 0.3) is 11.8 Å². The molecule has 1 aliphatic heterocycles. The molecule has 0 atom stereocenters. The van der Waals surface area contributed by atoms with E-state index in [9.17, 15) is 14.0 Å². The summed E-state index contributed by atoms with van der Waals surface area (Å²) in [4.78, 5) is 27.1. The molecule has 0 unspecified atom stereocenters. The zero-order valence-electron chi connectivity index (χ0n) is 17.6. The quantitative estimate of drug-likeness (QED) is 0.334. The van der Waals surface area contributed by atoms with Crippen LogP contribution in [0.15, 0.2) is 54.1 Å². The van der Waals surface area contributed by atoms with E-state index in [-0.39, 0.29) is 16.5 Å². The van der Waals surface area contributed by atoms with E-state index >= 15 is 0 Å². The number of rotatable bonds is 3. The predicted molar refractivity (Wildman–Crippen MR) is 128 cm³/mol. The van der Waals surface area contributed by atoms with E-state index < -0.39 is 11.8 Å². The molecule has 1 saturated heterocycles. The second-order valence-corrected chi connectivity index (χ2v) is 8.35. The lowest BCUT2D eigenvalue weighted by Crippen LogP contribution is -2.54. The zero-order valence-corrected chi connectivity index (χ0v) is 19.1. The lowest BCUT2D eigenvalue weighted by molar-refractivity contribution is -0.122. The maximum atomic E-state index is 13.7. The lowest BCUT2D eigenvalue weighted by Gasteiger charge is -2.28. The summed E-state index contributed by atoms with van der Waals surface area (Å²) >= 11 is 11.2. The Morgan fingerprint density at radius 3 is 2.31 bits per heavy atom. The molecule has 1 aliphatic rings. The molecule has 2 amide bonds. The predicted octanol–water partition coefficient (Wildman–Crippen LogP) is 5.03. The molecule has 2 aromatic carbocycles. The monoisotopic (exact) mass is 467 g/mol. The minimum Gasteiger partial charge on any atom is -0.318 e. The van der Waals surface area contributed by atoms with Crippen LogP contribution in [0, 0.1) is 26.6 Å². The van der Waals surface area contributed by atoms with Crippen LogP contribution in [0.3, 0.4) is 0 Å². The molecule has 4 rings (SSSR count). The van der Waals surface area contributed by atoms with E-state index in [4.69, 9.17) is 23.8 Å². The molecular weight excluding hydrogens is 449 g/mol. The van der Waals surface area contributed by atoms with Gasteiger partial charge in [0.2, 0.25) is 0 Å². The standard InChI is InChI=1S/C24H19ClFN3O2S/c1-13-10-19(8-9-21(13)26)28-14(2)11-16(15(28)3)12-20-22(30)27-24(32)29(23(20)31)18-6-4-17(25)5-7-18/h4-12H,1-3H3,(H,27,30,32)/b20-12+. The van der Waals surface area contributed by atoms with Gasteiger partial charge in [0.25, 0.3) is 11.8 Å². The van der Waals surface area contributed by atoms with Crippen molar-refractivity contribution in [3.63, 3.8) is 0 Å². The molecule has 1 N–H and O–H groups in total. The highest BCUT2D eigenvalue weighted by Gasteiger charge is 2.34. The molecule has 0 bridgehead atoms. The number of nitrogens with zero attached hydrogens (tertiary/aromatic N) is 2. The Bertz CT molecular complexity index is 1310. The van der Waals surface area contributed by atoms with Crippen LogP contribution >= 0.6 is 23.8 Å². The SMILES string of the molecule is Cc1cc(-n2c(C)cc(/C=C3\C(=O)NC(=S)N(c4ccc(Cl)cc4)C3=O)c2C)ccc1F. The van der Waals surface area contributed by atoms with Crippen LogP contribution in [-0.2, 0) is 9.59 Å². The number of hydrogen-bond acceptors (Lipinski definition) is 3. The van der Waals surface area contributed by atoms with Crippen molar-refractivity contribution in [2.24, 2.45) is 0 Å². The second-order valence-electron chi connectivity index (χ2n) is 7.53. The fourth-order valence-electron chi connectivity index (χ4n) is 3.74. The molecule has 162 valence electrons. The Morgan fingerprint density at radius 1 is 1.00 bits per heavy atom. The molecule has 1 fully saturated rings. The van der Waals surface area contributed by atoms with Crippen molar-refractivity contribution in [2.45, 2.75) is 20.8 Å². The molecule has 0 radical (unpaired) electrons. The number of halogens is 2. The van der Waals surface area contributed by atoms with E-state index in [1.165, 1.54) is 11.0 Å². The van der Waals surface area contributed by atoms with Crippen molar-refractivity contribution < 1.29 is 14.0 Å². The average Bonchev–Trinajstić information content (AvgIpc) is 3.01. The van der Waals surface area contributed by atoms with E-state index in [2.05, 4.69) is 5.32 Å². The van der Waals surface area contributed by atoms with Gasteiger partial charge >= 0.3 is 0 Å². The maximum Gasteiger partial charge on any atom is 0.270 e. The van der Waals surface area contributed by atoms with Crippen LogP contribution in [0.1, 0.15) is 22.5 Å². The van der Waals surface area contributed by atoms with Crippen molar-refractivity contribution in [2.75, 3.05) is 4.90 Å². The first-order valence-electron chi connectivity index (χ1n) is 9.80. The van der Waals surface area contributed by atoms with Crippen LogP contribution in [0.2, 0.25) is 5.02 Å². The first-order valence-corrected chi connectivity index (χ1v) is 10.6. The van der Waals surface area contributed by atoms with E-state index in [0.29, 0.717) is 21.8 Å². The van der Waals surface area contributed by atoms with Gasteiger partial charge in [-0.2, -0.15) is 0 Å². The number of carbonyl (C=O) groups excluding carboxylic acids is 2. The molecule has 0 spiro atoms. The van der Waals surface area contributed by atoms with Crippen molar-refractivity contribution >= 4 is 52.5 Å². The van der Waals surface area contributed by atoms with Gasteiger partial charge in [-0.05, 0) is 98.7 Å². The number of anilines is 1.